The summed E-state index contributed by atoms with van der Waals surface area (Å²) < 4.78 is 6.90. The van der Waals surface area contributed by atoms with E-state index in [1.165, 1.54) is 6.20 Å². The van der Waals surface area contributed by atoms with Crippen LogP contribution in [0.5, 0.6) is 5.75 Å². The van der Waals surface area contributed by atoms with Crippen LogP contribution in [0.3, 0.4) is 0 Å². The van der Waals surface area contributed by atoms with Gasteiger partial charge in [0.1, 0.15) is 16.8 Å². The number of methoxy groups -OCH3 is 1. The Morgan fingerprint density at radius 1 is 1.40 bits per heavy atom. The molecule has 1 aromatic carbocycles. The number of benzene rings is 1. The number of nitrogens with zero attached hydrogens (tertiary/aromatic N) is 2. The van der Waals surface area contributed by atoms with Crippen molar-refractivity contribution >= 4 is 34.9 Å². The first-order valence-corrected chi connectivity index (χ1v) is 6.43. The lowest BCUT2D eigenvalue weighted by molar-refractivity contribution is 0.415. The van der Waals surface area contributed by atoms with Gasteiger partial charge in [-0.1, -0.05) is 11.6 Å². The van der Waals surface area contributed by atoms with Crippen molar-refractivity contribution in [2.45, 2.75) is 0 Å². The summed E-state index contributed by atoms with van der Waals surface area (Å²) in [7, 11) is 1.54. The second-order valence-corrected chi connectivity index (χ2v) is 4.86. The zero-order chi connectivity index (χ0) is 14.3. The number of fused-ring (bicyclic) bond motifs is 1. The van der Waals surface area contributed by atoms with Crippen LogP contribution in [0, 0.1) is 4.77 Å². The molecule has 102 valence electrons. The molecule has 20 heavy (non-hydrogen) atoms. The SMILES string of the molecule is COc1ccc(-n2ncc3c(=O)[nH]c(=S)[nH]c32)cc1Cl. The third kappa shape index (κ3) is 2.00. The molecular weight excluding hydrogens is 300 g/mol. The molecule has 0 aliphatic heterocycles. The Morgan fingerprint density at radius 2 is 2.20 bits per heavy atom. The molecule has 0 saturated heterocycles. The molecule has 2 aromatic heterocycles. The smallest absolute Gasteiger partial charge is 0.262 e. The van der Waals surface area contributed by atoms with Gasteiger partial charge < -0.3 is 9.72 Å². The Morgan fingerprint density at radius 3 is 2.90 bits per heavy atom. The number of hydrogen-bond acceptors (Lipinski definition) is 4. The molecule has 0 unspecified atom stereocenters. The van der Waals surface area contributed by atoms with E-state index in [-0.39, 0.29) is 10.3 Å². The minimum atomic E-state index is -0.283. The van der Waals surface area contributed by atoms with Gasteiger partial charge in [-0.2, -0.15) is 5.10 Å². The monoisotopic (exact) mass is 308 g/mol. The van der Waals surface area contributed by atoms with Crippen LogP contribution >= 0.6 is 23.8 Å². The van der Waals surface area contributed by atoms with Gasteiger partial charge in [-0.25, -0.2) is 4.68 Å². The van der Waals surface area contributed by atoms with Gasteiger partial charge >= 0.3 is 0 Å². The average molecular weight is 309 g/mol. The lowest BCUT2D eigenvalue weighted by atomic mass is 10.3. The van der Waals surface area contributed by atoms with Crippen molar-refractivity contribution in [3.05, 3.63) is 44.5 Å². The largest absolute Gasteiger partial charge is 0.495 e. The van der Waals surface area contributed by atoms with Gasteiger partial charge in [0, 0.05) is 0 Å². The number of hydrogen-bond donors (Lipinski definition) is 2. The molecule has 6 nitrogen and oxygen atoms in total. The first-order valence-electron chi connectivity index (χ1n) is 5.64. The van der Waals surface area contributed by atoms with E-state index < -0.39 is 0 Å². The first-order chi connectivity index (χ1) is 9.60. The molecule has 2 N–H and O–H groups in total. The molecule has 0 fully saturated rings. The highest BCUT2D eigenvalue weighted by Crippen LogP contribution is 2.27. The highest BCUT2D eigenvalue weighted by Gasteiger charge is 2.10. The number of H-pyrrole nitrogens is 2. The van der Waals surface area contributed by atoms with Crippen LogP contribution in [0.4, 0.5) is 0 Å². The Bertz CT molecular complexity index is 912. The van der Waals surface area contributed by atoms with Crippen LogP contribution in [0.2, 0.25) is 5.02 Å². The summed E-state index contributed by atoms with van der Waals surface area (Å²) in [6, 6.07) is 5.22. The highest BCUT2D eigenvalue weighted by molar-refractivity contribution is 7.71. The van der Waals surface area contributed by atoms with Crippen molar-refractivity contribution in [3.63, 3.8) is 0 Å². The van der Waals surface area contributed by atoms with Gasteiger partial charge in [-0.15, -0.1) is 0 Å². The predicted octanol–water partition coefficient (Wildman–Crippen LogP) is 2.43. The maximum atomic E-state index is 11.8. The average Bonchev–Trinajstić information content (AvgIpc) is 2.82. The summed E-state index contributed by atoms with van der Waals surface area (Å²) >= 11 is 11.1. The van der Waals surface area contributed by atoms with E-state index >= 15 is 0 Å². The number of aromatic nitrogens is 4. The van der Waals surface area contributed by atoms with Gasteiger partial charge in [-0.05, 0) is 30.4 Å². The summed E-state index contributed by atoms with van der Waals surface area (Å²) in [5.74, 6) is 0.567. The normalized spacial score (nSPS) is 10.9. The Labute approximate surface area is 123 Å². The van der Waals surface area contributed by atoms with E-state index in [2.05, 4.69) is 15.1 Å². The molecule has 3 aromatic rings. The van der Waals surface area contributed by atoms with Gasteiger partial charge in [0.15, 0.2) is 4.77 Å². The summed E-state index contributed by atoms with van der Waals surface area (Å²) in [4.78, 5) is 17.2. The first kappa shape index (κ1) is 12.9. The van der Waals surface area contributed by atoms with Crippen molar-refractivity contribution in [2.24, 2.45) is 0 Å². The molecule has 0 radical (unpaired) electrons. The molecular formula is C12H9ClN4O2S. The van der Waals surface area contributed by atoms with Gasteiger partial charge in [-0.3, -0.25) is 9.78 Å². The van der Waals surface area contributed by atoms with Crippen LogP contribution in [0.25, 0.3) is 16.7 Å². The molecule has 0 amide bonds. The van der Waals surface area contributed by atoms with Gasteiger partial charge in [0.2, 0.25) is 0 Å². The minimum absolute atomic E-state index is 0.240. The highest BCUT2D eigenvalue weighted by atomic mass is 35.5. The quantitative estimate of drug-likeness (QED) is 0.713. The third-order valence-electron chi connectivity index (χ3n) is 2.85. The standard InChI is InChI=1S/C12H9ClN4O2S/c1-19-9-3-2-6(4-8(9)13)17-10-7(5-14-17)11(18)16-12(20)15-10/h2-5H,1H3,(H2,15,16,18,20). The number of nitrogens with one attached hydrogen (secondary N) is 2. The number of halogens is 1. The summed E-state index contributed by atoms with van der Waals surface area (Å²) in [5.41, 5.74) is 0.927. The van der Waals surface area contributed by atoms with Crippen molar-refractivity contribution < 1.29 is 4.74 Å². The van der Waals surface area contributed by atoms with E-state index in [0.29, 0.717) is 27.5 Å². The van der Waals surface area contributed by atoms with Crippen molar-refractivity contribution in [1.82, 2.24) is 19.7 Å². The Balaban J connectivity index is 2.27. The molecule has 0 aliphatic carbocycles. The zero-order valence-electron chi connectivity index (χ0n) is 10.3. The predicted molar refractivity (Wildman–Crippen MR) is 78.4 cm³/mol. The molecule has 2 heterocycles. The van der Waals surface area contributed by atoms with E-state index in [4.69, 9.17) is 28.6 Å². The number of aromatic amines is 2. The maximum Gasteiger partial charge on any atom is 0.262 e. The van der Waals surface area contributed by atoms with Gasteiger partial charge in [0.05, 0.1) is 24.0 Å². The van der Waals surface area contributed by atoms with E-state index in [1.807, 2.05) is 0 Å². The van der Waals surface area contributed by atoms with Crippen molar-refractivity contribution in [1.29, 1.82) is 0 Å². The van der Waals surface area contributed by atoms with Crippen LogP contribution in [-0.2, 0) is 0 Å². The molecule has 0 saturated carbocycles. The Kier molecular flexibility index (Phi) is 3.07. The third-order valence-corrected chi connectivity index (χ3v) is 3.35. The van der Waals surface area contributed by atoms with Crippen molar-refractivity contribution in [3.8, 4) is 11.4 Å². The zero-order valence-corrected chi connectivity index (χ0v) is 11.9. The molecule has 0 atom stereocenters. The minimum Gasteiger partial charge on any atom is -0.495 e. The number of ether oxygens (including phenoxy) is 1. The lowest BCUT2D eigenvalue weighted by Gasteiger charge is -2.07. The summed E-state index contributed by atoms with van der Waals surface area (Å²) in [5, 5.41) is 5.06. The molecule has 3 rings (SSSR count). The lowest BCUT2D eigenvalue weighted by Crippen LogP contribution is -2.08. The Hall–Kier alpha value is -2.12. The molecule has 0 aliphatic rings. The van der Waals surface area contributed by atoms with Crippen LogP contribution in [-0.4, -0.2) is 26.9 Å². The summed E-state index contributed by atoms with van der Waals surface area (Å²) in [6.45, 7) is 0. The second-order valence-electron chi connectivity index (χ2n) is 4.05. The van der Waals surface area contributed by atoms with Crippen LogP contribution in [0.15, 0.2) is 29.2 Å². The summed E-state index contributed by atoms with van der Waals surface area (Å²) in [6.07, 6.45) is 1.47. The van der Waals surface area contributed by atoms with E-state index in [1.54, 1.807) is 30.0 Å². The van der Waals surface area contributed by atoms with Gasteiger partial charge in [0.25, 0.3) is 5.56 Å². The topological polar surface area (TPSA) is 75.7 Å². The van der Waals surface area contributed by atoms with Crippen molar-refractivity contribution in [2.75, 3.05) is 7.11 Å². The maximum absolute atomic E-state index is 11.8. The van der Waals surface area contributed by atoms with Crippen LogP contribution in [0.1, 0.15) is 0 Å². The fourth-order valence-corrected chi connectivity index (χ4v) is 2.37. The van der Waals surface area contributed by atoms with Crippen LogP contribution < -0.4 is 10.3 Å². The second kappa shape index (κ2) is 4.77. The van der Waals surface area contributed by atoms with E-state index in [0.717, 1.165) is 0 Å². The fourth-order valence-electron chi connectivity index (χ4n) is 1.93. The van der Waals surface area contributed by atoms with E-state index in [9.17, 15) is 4.79 Å². The number of rotatable bonds is 2. The fraction of sp³-hybridized carbons (Fsp3) is 0.0833. The molecule has 8 heteroatoms. The molecule has 0 spiro atoms. The molecule has 0 bridgehead atoms.